The van der Waals surface area contributed by atoms with Gasteiger partial charge in [-0.25, -0.2) is 0 Å². The zero-order valence-corrected chi connectivity index (χ0v) is 14.6. The largest absolute Gasteiger partial charge is 0.459 e. The van der Waals surface area contributed by atoms with Crippen molar-refractivity contribution in [2.45, 2.75) is 46.4 Å². The SMILES string of the molecule is Cc1ccc(COC(=O)CN2C(=O)CN(C(C)C)C(=O)[C@@H]2C)cc1. The van der Waals surface area contributed by atoms with Crippen LogP contribution in [0.5, 0.6) is 0 Å². The van der Waals surface area contributed by atoms with Crippen LogP contribution in [0, 0.1) is 6.92 Å². The molecule has 0 bridgehead atoms. The van der Waals surface area contributed by atoms with Crippen molar-refractivity contribution in [3.05, 3.63) is 35.4 Å². The highest BCUT2D eigenvalue weighted by Gasteiger charge is 2.38. The summed E-state index contributed by atoms with van der Waals surface area (Å²) in [6, 6.07) is 6.97. The maximum absolute atomic E-state index is 12.3. The predicted molar refractivity (Wildman–Crippen MR) is 89.0 cm³/mol. The molecule has 0 aliphatic carbocycles. The van der Waals surface area contributed by atoms with E-state index in [1.165, 1.54) is 9.80 Å². The number of rotatable bonds is 5. The molecule has 0 aromatic heterocycles. The predicted octanol–water partition coefficient (Wildman–Crippen LogP) is 1.51. The van der Waals surface area contributed by atoms with Crippen LogP contribution < -0.4 is 0 Å². The second-order valence-corrected chi connectivity index (χ2v) is 6.40. The number of piperazine rings is 1. The molecular formula is C18H24N2O4. The first-order valence-corrected chi connectivity index (χ1v) is 8.10. The van der Waals surface area contributed by atoms with E-state index in [0.717, 1.165) is 11.1 Å². The number of carbonyl (C=O) groups is 3. The molecule has 6 nitrogen and oxygen atoms in total. The van der Waals surface area contributed by atoms with Crippen LogP contribution in [-0.2, 0) is 25.7 Å². The first kappa shape index (κ1) is 18.0. The Morgan fingerprint density at radius 2 is 1.88 bits per heavy atom. The third-order valence-corrected chi connectivity index (χ3v) is 4.18. The van der Waals surface area contributed by atoms with Crippen LogP contribution >= 0.6 is 0 Å². The molecule has 130 valence electrons. The summed E-state index contributed by atoms with van der Waals surface area (Å²) >= 11 is 0. The Hall–Kier alpha value is -2.37. The molecule has 2 rings (SSSR count). The summed E-state index contributed by atoms with van der Waals surface area (Å²) in [5, 5.41) is 0. The number of hydrogen-bond donors (Lipinski definition) is 0. The van der Waals surface area contributed by atoms with Gasteiger partial charge in [0.2, 0.25) is 11.8 Å². The van der Waals surface area contributed by atoms with E-state index in [1.807, 2.05) is 45.0 Å². The zero-order valence-electron chi connectivity index (χ0n) is 14.6. The molecule has 2 amide bonds. The number of hydrogen-bond acceptors (Lipinski definition) is 4. The maximum atomic E-state index is 12.3. The summed E-state index contributed by atoms with van der Waals surface area (Å²) < 4.78 is 5.22. The molecule has 1 atom stereocenters. The molecule has 1 aliphatic heterocycles. The van der Waals surface area contributed by atoms with E-state index < -0.39 is 12.0 Å². The monoisotopic (exact) mass is 332 g/mol. The molecule has 1 fully saturated rings. The van der Waals surface area contributed by atoms with E-state index in [-0.39, 0.29) is 37.6 Å². The van der Waals surface area contributed by atoms with Gasteiger partial charge in [-0.1, -0.05) is 29.8 Å². The van der Waals surface area contributed by atoms with Crippen LogP contribution in [0.4, 0.5) is 0 Å². The topological polar surface area (TPSA) is 66.9 Å². The number of amides is 2. The fourth-order valence-corrected chi connectivity index (χ4v) is 2.60. The Balaban J connectivity index is 1.92. The van der Waals surface area contributed by atoms with Gasteiger partial charge in [0.05, 0.1) is 0 Å². The van der Waals surface area contributed by atoms with Gasteiger partial charge in [-0.3, -0.25) is 14.4 Å². The third-order valence-electron chi connectivity index (χ3n) is 4.18. The van der Waals surface area contributed by atoms with Gasteiger partial charge in [-0.2, -0.15) is 0 Å². The minimum atomic E-state index is -0.652. The second kappa shape index (κ2) is 7.47. The van der Waals surface area contributed by atoms with E-state index in [2.05, 4.69) is 0 Å². The number of esters is 1. The average molecular weight is 332 g/mol. The van der Waals surface area contributed by atoms with Crippen molar-refractivity contribution >= 4 is 17.8 Å². The van der Waals surface area contributed by atoms with Gasteiger partial charge >= 0.3 is 5.97 Å². The van der Waals surface area contributed by atoms with Gasteiger partial charge in [-0.05, 0) is 33.3 Å². The van der Waals surface area contributed by atoms with E-state index in [0.29, 0.717) is 0 Å². The summed E-state index contributed by atoms with van der Waals surface area (Å²) in [6.45, 7) is 7.31. The first-order valence-electron chi connectivity index (χ1n) is 8.10. The number of ether oxygens (including phenoxy) is 1. The van der Waals surface area contributed by atoms with Crippen LogP contribution in [0.25, 0.3) is 0 Å². The maximum Gasteiger partial charge on any atom is 0.326 e. The molecule has 1 saturated heterocycles. The third kappa shape index (κ3) is 4.13. The van der Waals surface area contributed by atoms with Crippen LogP contribution in [0.2, 0.25) is 0 Å². The van der Waals surface area contributed by atoms with Crippen LogP contribution in [-0.4, -0.2) is 52.8 Å². The minimum Gasteiger partial charge on any atom is -0.459 e. The van der Waals surface area contributed by atoms with Gasteiger partial charge in [0.25, 0.3) is 0 Å². The van der Waals surface area contributed by atoms with Crippen LogP contribution in [0.15, 0.2) is 24.3 Å². The van der Waals surface area contributed by atoms with E-state index in [9.17, 15) is 14.4 Å². The lowest BCUT2D eigenvalue weighted by atomic mass is 10.1. The Morgan fingerprint density at radius 1 is 1.25 bits per heavy atom. The summed E-state index contributed by atoms with van der Waals surface area (Å²) in [7, 11) is 0. The van der Waals surface area contributed by atoms with Crippen molar-refractivity contribution in [2.75, 3.05) is 13.1 Å². The van der Waals surface area contributed by atoms with Crippen LogP contribution in [0.1, 0.15) is 31.9 Å². The van der Waals surface area contributed by atoms with Crippen molar-refractivity contribution in [1.82, 2.24) is 9.80 Å². The van der Waals surface area contributed by atoms with Crippen molar-refractivity contribution in [2.24, 2.45) is 0 Å². The molecule has 0 saturated carbocycles. The Kier molecular flexibility index (Phi) is 5.59. The van der Waals surface area contributed by atoms with Gasteiger partial charge in [0, 0.05) is 6.04 Å². The molecule has 1 aromatic rings. The molecule has 1 heterocycles. The zero-order chi connectivity index (χ0) is 17.9. The van der Waals surface area contributed by atoms with Gasteiger partial charge in [0.1, 0.15) is 25.7 Å². The fraction of sp³-hybridized carbons (Fsp3) is 0.500. The minimum absolute atomic E-state index is 0.00603. The number of nitrogens with zero attached hydrogens (tertiary/aromatic N) is 2. The van der Waals surface area contributed by atoms with E-state index in [4.69, 9.17) is 4.74 Å². The average Bonchev–Trinajstić information content (AvgIpc) is 2.54. The van der Waals surface area contributed by atoms with Gasteiger partial charge in [-0.15, -0.1) is 0 Å². The summed E-state index contributed by atoms with van der Waals surface area (Å²) in [6.07, 6.45) is 0. The van der Waals surface area contributed by atoms with Crippen molar-refractivity contribution in [1.29, 1.82) is 0 Å². The number of benzene rings is 1. The molecule has 1 aromatic carbocycles. The number of aryl methyl sites for hydroxylation is 1. The highest BCUT2D eigenvalue weighted by molar-refractivity contribution is 5.96. The second-order valence-electron chi connectivity index (χ2n) is 6.40. The first-order chi connectivity index (χ1) is 11.3. The summed E-state index contributed by atoms with van der Waals surface area (Å²) in [5.41, 5.74) is 2.01. The molecule has 0 radical (unpaired) electrons. The van der Waals surface area contributed by atoms with E-state index in [1.54, 1.807) is 6.92 Å². The number of carbonyl (C=O) groups excluding carboxylic acids is 3. The lowest BCUT2D eigenvalue weighted by molar-refractivity contribution is -0.162. The quantitative estimate of drug-likeness (QED) is 0.767. The molecule has 6 heteroatoms. The molecule has 0 N–H and O–H groups in total. The highest BCUT2D eigenvalue weighted by Crippen LogP contribution is 2.15. The summed E-state index contributed by atoms with van der Waals surface area (Å²) in [4.78, 5) is 39.4. The van der Waals surface area contributed by atoms with Gasteiger partial charge in [0.15, 0.2) is 0 Å². The molecule has 0 unspecified atom stereocenters. The molecular weight excluding hydrogens is 308 g/mol. The lowest BCUT2D eigenvalue weighted by Gasteiger charge is -2.40. The van der Waals surface area contributed by atoms with Crippen LogP contribution in [0.3, 0.4) is 0 Å². The highest BCUT2D eigenvalue weighted by atomic mass is 16.5. The normalized spacial score (nSPS) is 18.3. The molecule has 1 aliphatic rings. The Labute approximate surface area is 142 Å². The standard InChI is InChI=1S/C18H24N2O4/c1-12(2)19-9-16(21)20(14(4)18(19)23)10-17(22)24-11-15-7-5-13(3)6-8-15/h5-8,12,14H,9-11H2,1-4H3/t14-/m0/s1. The van der Waals surface area contributed by atoms with Crippen molar-refractivity contribution < 1.29 is 19.1 Å². The van der Waals surface area contributed by atoms with E-state index >= 15 is 0 Å². The van der Waals surface area contributed by atoms with Crippen molar-refractivity contribution in [3.63, 3.8) is 0 Å². The fourth-order valence-electron chi connectivity index (χ4n) is 2.60. The molecule has 24 heavy (non-hydrogen) atoms. The smallest absolute Gasteiger partial charge is 0.326 e. The van der Waals surface area contributed by atoms with Gasteiger partial charge < -0.3 is 14.5 Å². The summed E-state index contributed by atoms with van der Waals surface area (Å²) in [5.74, 6) is -0.888. The lowest BCUT2D eigenvalue weighted by Crippen LogP contribution is -2.61. The van der Waals surface area contributed by atoms with Crippen molar-refractivity contribution in [3.8, 4) is 0 Å². The Bertz CT molecular complexity index is 624. The Morgan fingerprint density at radius 3 is 2.46 bits per heavy atom. The molecule has 0 spiro atoms.